The maximum atomic E-state index is 5.95. The molecule has 1 aliphatic carbocycles. The van der Waals surface area contributed by atoms with E-state index in [1.54, 1.807) is 0 Å². The fraction of sp³-hybridized carbons (Fsp3) is 0.333. The van der Waals surface area contributed by atoms with E-state index >= 15 is 0 Å². The molecule has 0 N–H and O–H groups in total. The van der Waals surface area contributed by atoms with Crippen molar-refractivity contribution in [2.75, 3.05) is 13.2 Å². The van der Waals surface area contributed by atoms with Crippen molar-refractivity contribution in [2.45, 2.75) is 26.7 Å². The highest BCUT2D eigenvalue weighted by Crippen LogP contribution is 2.34. The number of allylic oxidation sites excluding steroid dienone is 1. The van der Waals surface area contributed by atoms with Gasteiger partial charge in [-0.3, -0.25) is 0 Å². The highest BCUT2D eigenvalue weighted by Gasteiger charge is 2.33. The van der Waals surface area contributed by atoms with E-state index in [4.69, 9.17) is 9.31 Å². The normalized spacial score (nSPS) is 18.1. The van der Waals surface area contributed by atoms with Crippen LogP contribution in [0.5, 0.6) is 0 Å². The summed E-state index contributed by atoms with van der Waals surface area (Å²) in [5.74, 6) is 0.469. The number of hydrogen-bond acceptors (Lipinski definition) is 2. The number of aryl methyl sites for hydroxylation is 1. The molecule has 0 atom stereocenters. The van der Waals surface area contributed by atoms with Crippen LogP contribution in [-0.2, 0) is 22.2 Å². The fourth-order valence-corrected chi connectivity index (χ4v) is 3.69. The Hall–Kier alpha value is -1.84. The first kappa shape index (κ1) is 15.7. The van der Waals surface area contributed by atoms with Gasteiger partial charge in [0.25, 0.3) is 0 Å². The van der Waals surface area contributed by atoms with Gasteiger partial charge in [0.2, 0.25) is 0 Å². The predicted octanol–water partition coefficient (Wildman–Crippen LogP) is 3.69. The van der Waals surface area contributed by atoms with Gasteiger partial charge in [0.15, 0.2) is 0 Å². The highest BCUT2D eigenvalue weighted by molar-refractivity contribution is 6.62. The molecular weight excluding hydrogens is 295 g/mol. The van der Waals surface area contributed by atoms with Crippen LogP contribution in [0.15, 0.2) is 48.6 Å². The van der Waals surface area contributed by atoms with Crippen molar-refractivity contribution in [2.24, 2.45) is 5.92 Å². The minimum Gasteiger partial charge on any atom is -0.407 e. The molecule has 0 radical (unpaired) electrons. The lowest BCUT2D eigenvalue weighted by molar-refractivity contribution is 0.0957. The van der Waals surface area contributed by atoms with E-state index in [0.717, 1.165) is 26.1 Å². The summed E-state index contributed by atoms with van der Waals surface area (Å²) in [6.07, 6.45) is 1.89. The molecular formula is C21H23BO2. The van der Waals surface area contributed by atoms with Crippen LogP contribution in [0, 0.1) is 12.8 Å². The van der Waals surface area contributed by atoms with Crippen molar-refractivity contribution in [3.63, 3.8) is 0 Å². The third-order valence-electron chi connectivity index (χ3n) is 5.00. The molecule has 122 valence electrons. The van der Waals surface area contributed by atoms with Crippen molar-refractivity contribution in [1.29, 1.82) is 0 Å². The van der Waals surface area contributed by atoms with Gasteiger partial charge < -0.3 is 9.31 Å². The van der Waals surface area contributed by atoms with E-state index < -0.39 is 0 Å². The van der Waals surface area contributed by atoms with E-state index in [2.05, 4.69) is 56.8 Å². The van der Waals surface area contributed by atoms with Crippen molar-refractivity contribution < 1.29 is 9.31 Å². The van der Waals surface area contributed by atoms with Gasteiger partial charge in [0.1, 0.15) is 0 Å². The Morgan fingerprint density at radius 2 is 1.62 bits per heavy atom. The first-order chi connectivity index (χ1) is 11.6. The Morgan fingerprint density at radius 3 is 2.33 bits per heavy atom. The van der Waals surface area contributed by atoms with E-state index in [9.17, 15) is 0 Å². The van der Waals surface area contributed by atoms with E-state index in [1.807, 2.05) is 0 Å². The summed E-state index contributed by atoms with van der Waals surface area (Å²) in [4.78, 5) is 0. The van der Waals surface area contributed by atoms with Crippen LogP contribution in [0.2, 0.25) is 0 Å². The van der Waals surface area contributed by atoms with Gasteiger partial charge in [-0.15, -0.1) is 0 Å². The van der Waals surface area contributed by atoms with E-state index in [1.165, 1.54) is 38.9 Å². The SMILES string of the molecule is C=C1Cc2c(B3OCC(C)CO3)ccc(-c3ccc(C)cc3)c2C1. The molecule has 0 unspecified atom stereocenters. The summed E-state index contributed by atoms with van der Waals surface area (Å²) in [7, 11) is -0.229. The number of rotatable bonds is 2. The Labute approximate surface area is 144 Å². The fourth-order valence-electron chi connectivity index (χ4n) is 3.69. The van der Waals surface area contributed by atoms with Crippen molar-refractivity contribution >= 4 is 12.6 Å². The first-order valence-electron chi connectivity index (χ1n) is 8.73. The van der Waals surface area contributed by atoms with Crippen LogP contribution < -0.4 is 5.46 Å². The van der Waals surface area contributed by atoms with Gasteiger partial charge in [0.05, 0.1) is 0 Å². The van der Waals surface area contributed by atoms with Gasteiger partial charge in [-0.2, -0.15) is 0 Å². The summed E-state index contributed by atoms with van der Waals surface area (Å²) < 4.78 is 11.9. The first-order valence-corrected chi connectivity index (χ1v) is 8.73. The third-order valence-corrected chi connectivity index (χ3v) is 5.00. The summed E-state index contributed by atoms with van der Waals surface area (Å²) in [6.45, 7) is 10.0. The Bertz CT molecular complexity index is 771. The van der Waals surface area contributed by atoms with E-state index in [0.29, 0.717) is 5.92 Å². The molecule has 0 aromatic heterocycles. The second-order valence-electron chi connectivity index (χ2n) is 7.23. The second-order valence-corrected chi connectivity index (χ2v) is 7.23. The standard InChI is InChI=1S/C21H23BO2/c1-14-4-6-17(7-5-14)18-8-9-21(20-11-15(2)10-19(18)20)22-23-12-16(3)13-24-22/h4-9,16H,2,10-13H2,1,3H3. The molecule has 2 aliphatic rings. The van der Waals surface area contributed by atoms with Crippen LogP contribution in [-0.4, -0.2) is 20.3 Å². The molecule has 1 heterocycles. The Morgan fingerprint density at radius 1 is 0.958 bits per heavy atom. The minimum atomic E-state index is -0.229. The van der Waals surface area contributed by atoms with Gasteiger partial charge in [-0.1, -0.05) is 61.0 Å². The van der Waals surface area contributed by atoms with Crippen LogP contribution in [0.25, 0.3) is 11.1 Å². The van der Waals surface area contributed by atoms with Crippen molar-refractivity contribution in [1.82, 2.24) is 0 Å². The number of hydrogen-bond donors (Lipinski definition) is 0. The third kappa shape index (κ3) is 2.83. The largest absolute Gasteiger partial charge is 0.494 e. The lowest BCUT2D eigenvalue weighted by atomic mass is 9.72. The molecule has 4 rings (SSSR count). The van der Waals surface area contributed by atoms with Crippen LogP contribution in [0.3, 0.4) is 0 Å². The van der Waals surface area contributed by atoms with Crippen molar-refractivity contribution in [3.05, 3.63) is 65.2 Å². The molecule has 0 spiro atoms. The average molecular weight is 318 g/mol. The van der Waals surface area contributed by atoms with Crippen LogP contribution in [0.1, 0.15) is 23.6 Å². The number of fused-ring (bicyclic) bond motifs is 1. The summed E-state index contributed by atoms with van der Waals surface area (Å²) in [5, 5.41) is 0. The van der Waals surface area contributed by atoms with Gasteiger partial charge in [0, 0.05) is 13.2 Å². The minimum absolute atomic E-state index is 0.229. The lowest BCUT2D eigenvalue weighted by Gasteiger charge is -2.26. The molecule has 2 nitrogen and oxygen atoms in total. The molecule has 0 amide bonds. The monoisotopic (exact) mass is 318 g/mol. The lowest BCUT2D eigenvalue weighted by Crippen LogP contribution is -2.45. The molecule has 2 aromatic rings. The quantitative estimate of drug-likeness (QED) is 0.621. The van der Waals surface area contributed by atoms with Gasteiger partial charge >= 0.3 is 7.12 Å². The Kier molecular flexibility index (Phi) is 4.07. The molecule has 1 aliphatic heterocycles. The highest BCUT2D eigenvalue weighted by atomic mass is 16.6. The zero-order chi connectivity index (χ0) is 16.7. The Balaban J connectivity index is 1.75. The summed E-state index contributed by atoms with van der Waals surface area (Å²) >= 11 is 0. The maximum Gasteiger partial charge on any atom is 0.494 e. The molecule has 1 fully saturated rings. The maximum absolute atomic E-state index is 5.95. The van der Waals surface area contributed by atoms with Crippen molar-refractivity contribution in [3.8, 4) is 11.1 Å². The summed E-state index contributed by atoms with van der Waals surface area (Å²) in [6, 6.07) is 13.2. The number of benzene rings is 2. The molecule has 0 bridgehead atoms. The molecule has 24 heavy (non-hydrogen) atoms. The molecule has 3 heteroatoms. The summed E-state index contributed by atoms with van der Waals surface area (Å²) in [5.41, 5.74) is 9.09. The van der Waals surface area contributed by atoms with Gasteiger partial charge in [-0.05, 0) is 53.4 Å². The van der Waals surface area contributed by atoms with Gasteiger partial charge in [-0.25, -0.2) is 0 Å². The van der Waals surface area contributed by atoms with Crippen LogP contribution in [0.4, 0.5) is 0 Å². The molecule has 2 aromatic carbocycles. The second kappa shape index (κ2) is 6.23. The predicted molar refractivity (Wildman–Crippen MR) is 99.6 cm³/mol. The molecule has 0 saturated carbocycles. The topological polar surface area (TPSA) is 18.5 Å². The van der Waals surface area contributed by atoms with E-state index in [-0.39, 0.29) is 7.12 Å². The zero-order valence-electron chi connectivity index (χ0n) is 14.5. The van der Waals surface area contributed by atoms with Crippen LogP contribution >= 0.6 is 0 Å². The zero-order valence-corrected chi connectivity index (χ0v) is 14.5. The molecule has 1 saturated heterocycles. The smallest absolute Gasteiger partial charge is 0.407 e. The average Bonchev–Trinajstić information content (AvgIpc) is 2.97.